The third-order valence-corrected chi connectivity index (χ3v) is 6.43. The summed E-state index contributed by atoms with van der Waals surface area (Å²) in [5.74, 6) is 1.76. The zero-order chi connectivity index (χ0) is 18.9. The van der Waals surface area contributed by atoms with Crippen LogP contribution >= 0.6 is 0 Å². The highest BCUT2D eigenvalue weighted by molar-refractivity contribution is 5.75. The van der Waals surface area contributed by atoms with Crippen molar-refractivity contribution in [2.24, 2.45) is 5.41 Å². The van der Waals surface area contributed by atoms with Crippen LogP contribution < -0.4 is 9.64 Å². The topological polar surface area (TPSA) is 45.9 Å². The average molecular weight is 368 g/mol. The second-order valence-corrected chi connectivity index (χ2v) is 7.99. The van der Waals surface area contributed by atoms with E-state index in [1.807, 2.05) is 12.1 Å². The molecule has 144 valence electrons. The van der Waals surface area contributed by atoms with Crippen LogP contribution in [-0.4, -0.2) is 51.5 Å². The molecule has 4 rings (SSSR count). The first-order valence-electron chi connectivity index (χ1n) is 9.79. The predicted octanol–water partition coefficient (Wildman–Crippen LogP) is 4.08. The molecular weight excluding hydrogens is 340 g/mol. The molecule has 5 nitrogen and oxygen atoms in total. The van der Waals surface area contributed by atoms with Crippen molar-refractivity contribution < 1.29 is 13.9 Å². The molecule has 2 saturated heterocycles. The number of benzene rings is 1. The first kappa shape index (κ1) is 18.1. The fourth-order valence-electron chi connectivity index (χ4n) is 4.47. The molecule has 1 aromatic carbocycles. The summed E-state index contributed by atoms with van der Waals surface area (Å²) >= 11 is 0. The molecule has 0 N–H and O–H groups in total. The van der Waals surface area contributed by atoms with Crippen LogP contribution in [0.3, 0.4) is 0 Å². The van der Waals surface area contributed by atoms with E-state index in [4.69, 9.17) is 9.15 Å². The van der Waals surface area contributed by atoms with E-state index in [2.05, 4.69) is 29.0 Å². The van der Waals surface area contributed by atoms with Crippen molar-refractivity contribution in [3.63, 3.8) is 0 Å². The van der Waals surface area contributed by atoms with E-state index >= 15 is 0 Å². The predicted molar refractivity (Wildman–Crippen MR) is 107 cm³/mol. The third-order valence-electron chi connectivity index (χ3n) is 6.43. The number of piperidine rings is 2. The Morgan fingerprint density at radius 3 is 2.37 bits per heavy atom. The van der Waals surface area contributed by atoms with Crippen LogP contribution in [0, 0.1) is 5.41 Å². The van der Waals surface area contributed by atoms with Crippen molar-refractivity contribution in [3.8, 4) is 17.1 Å². The Balaban J connectivity index is 1.49. The highest BCUT2D eigenvalue weighted by Crippen LogP contribution is 2.43. The van der Waals surface area contributed by atoms with Gasteiger partial charge in [-0.25, -0.2) is 0 Å². The lowest BCUT2D eigenvalue weighted by Crippen LogP contribution is -2.46. The third kappa shape index (κ3) is 3.61. The summed E-state index contributed by atoms with van der Waals surface area (Å²) in [5.41, 5.74) is 2.62. The zero-order valence-electron chi connectivity index (χ0n) is 16.2. The van der Waals surface area contributed by atoms with Crippen LogP contribution in [0.15, 0.2) is 34.7 Å². The maximum atomic E-state index is 10.9. The summed E-state index contributed by atoms with van der Waals surface area (Å²) in [7, 11) is 3.91. The molecule has 5 heteroatoms. The van der Waals surface area contributed by atoms with Gasteiger partial charge >= 0.3 is 0 Å². The van der Waals surface area contributed by atoms with E-state index in [0.29, 0.717) is 16.9 Å². The molecule has 27 heavy (non-hydrogen) atoms. The van der Waals surface area contributed by atoms with Gasteiger partial charge in [0.2, 0.25) is 0 Å². The molecule has 2 fully saturated rings. The molecule has 1 aromatic heterocycles. The minimum atomic E-state index is 0.329. The number of furan rings is 1. The molecule has 0 unspecified atom stereocenters. The molecule has 2 aromatic rings. The molecular formula is C22H28N2O3. The lowest BCUT2D eigenvalue weighted by molar-refractivity contribution is 0.0945. The molecule has 3 heterocycles. The van der Waals surface area contributed by atoms with Crippen molar-refractivity contribution in [2.75, 3.05) is 45.2 Å². The van der Waals surface area contributed by atoms with E-state index in [1.165, 1.54) is 44.5 Å². The molecule has 0 saturated carbocycles. The highest BCUT2D eigenvalue weighted by Gasteiger charge is 2.36. The summed E-state index contributed by atoms with van der Waals surface area (Å²) < 4.78 is 11.2. The van der Waals surface area contributed by atoms with Crippen LogP contribution in [-0.2, 0) is 0 Å². The SMILES string of the molecule is COc1cc(N2CCC3(CCN(C)CC3)CC2)ccc1-c1ccc(C=O)o1. The van der Waals surface area contributed by atoms with E-state index < -0.39 is 0 Å². The minimum Gasteiger partial charge on any atom is -0.496 e. The largest absolute Gasteiger partial charge is 0.496 e. The number of carbonyl (C=O) groups is 1. The number of hydrogen-bond donors (Lipinski definition) is 0. The first-order valence-corrected chi connectivity index (χ1v) is 9.79. The second kappa shape index (κ2) is 7.39. The van der Waals surface area contributed by atoms with Gasteiger partial charge < -0.3 is 19.0 Å². The number of nitrogens with zero attached hydrogens (tertiary/aromatic N) is 2. The van der Waals surface area contributed by atoms with Gasteiger partial charge in [0.15, 0.2) is 12.0 Å². The van der Waals surface area contributed by atoms with Crippen LogP contribution in [0.4, 0.5) is 5.69 Å². The highest BCUT2D eigenvalue weighted by atomic mass is 16.5. The summed E-state index contributed by atoms with van der Waals surface area (Å²) in [6.45, 7) is 4.66. The maximum absolute atomic E-state index is 10.9. The first-order chi connectivity index (χ1) is 13.1. The van der Waals surface area contributed by atoms with Gasteiger partial charge in [-0.3, -0.25) is 4.79 Å². The van der Waals surface area contributed by atoms with Crippen molar-refractivity contribution >= 4 is 12.0 Å². The van der Waals surface area contributed by atoms with Crippen LogP contribution in [0.1, 0.15) is 36.2 Å². The van der Waals surface area contributed by atoms with Gasteiger partial charge in [0.05, 0.1) is 12.7 Å². The fraction of sp³-hybridized carbons (Fsp3) is 0.500. The van der Waals surface area contributed by atoms with Gasteiger partial charge in [-0.2, -0.15) is 0 Å². The number of rotatable bonds is 4. The number of likely N-dealkylation sites (tertiary alicyclic amines) is 1. The molecule has 0 aliphatic carbocycles. The van der Waals surface area contributed by atoms with Crippen LogP contribution in [0.25, 0.3) is 11.3 Å². The van der Waals surface area contributed by atoms with Crippen molar-refractivity contribution in [3.05, 3.63) is 36.1 Å². The summed E-state index contributed by atoms with van der Waals surface area (Å²) in [6, 6.07) is 9.74. The van der Waals surface area contributed by atoms with E-state index in [-0.39, 0.29) is 0 Å². The van der Waals surface area contributed by atoms with Crippen molar-refractivity contribution in [1.29, 1.82) is 0 Å². The Kier molecular flexibility index (Phi) is 4.96. The number of carbonyl (C=O) groups excluding carboxylic acids is 1. The monoisotopic (exact) mass is 368 g/mol. The Bertz CT molecular complexity index is 796. The lowest BCUT2D eigenvalue weighted by Gasteiger charge is -2.46. The van der Waals surface area contributed by atoms with Gasteiger partial charge in [-0.15, -0.1) is 0 Å². The number of hydrogen-bond acceptors (Lipinski definition) is 5. The smallest absolute Gasteiger partial charge is 0.185 e. The second-order valence-electron chi connectivity index (χ2n) is 7.99. The normalized spacial score (nSPS) is 20.0. The molecule has 0 bridgehead atoms. The van der Waals surface area contributed by atoms with Crippen LogP contribution in [0.5, 0.6) is 5.75 Å². The Morgan fingerprint density at radius 2 is 1.74 bits per heavy atom. The van der Waals surface area contributed by atoms with Gasteiger partial charge in [0, 0.05) is 24.8 Å². The minimum absolute atomic E-state index is 0.329. The Morgan fingerprint density at radius 1 is 1.04 bits per heavy atom. The van der Waals surface area contributed by atoms with Crippen molar-refractivity contribution in [1.82, 2.24) is 4.90 Å². The molecule has 1 spiro atoms. The lowest BCUT2D eigenvalue weighted by atomic mass is 9.71. The quantitative estimate of drug-likeness (QED) is 0.761. The Labute approximate surface area is 160 Å². The summed E-state index contributed by atoms with van der Waals surface area (Å²) in [6.07, 6.45) is 5.92. The molecule has 0 atom stereocenters. The van der Waals surface area contributed by atoms with Gasteiger partial charge in [-0.05, 0) is 75.5 Å². The number of anilines is 1. The molecule has 2 aliphatic rings. The Hall–Kier alpha value is -2.27. The van der Waals surface area contributed by atoms with E-state index in [1.54, 1.807) is 13.2 Å². The van der Waals surface area contributed by atoms with E-state index in [0.717, 1.165) is 30.7 Å². The maximum Gasteiger partial charge on any atom is 0.185 e. The van der Waals surface area contributed by atoms with Gasteiger partial charge in [0.25, 0.3) is 0 Å². The molecule has 2 aliphatic heterocycles. The standard InChI is InChI=1S/C22H28N2O3/c1-23-11-7-22(8-12-23)9-13-24(14-10-22)17-3-5-19(21(15-17)26-2)20-6-4-18(16-25)27-20/h3-6,15-16H,7-14H2,1-2H3. The van der Waals surface area contributed by atoms with Crippen LogP contribution in [0.2, 0.25) is 0 Å². The van der Waals surface area contributed by atoms with Gasteiger partial charge in [0.1, 0.15) is 11.5 Å². The molecule has 0 amide bonds. The summed E-state index contributed by atoms with van der Waals surface area (Å²) in [4.78, 5) is 15.8. The number of aldehydes is 1. The van der Waals surface area contributed by atoms with E-state index in [9.17, 15) is 4.79 Å². The number of ether oxygens (including phenoxy) is 1. The average Bonchev–Trinajstić information content (AvgIpc) is 3.20. The zero-order valence-corrected chi connectivity index (χ0v) is 16.2. The number of methoxy groups -OCH3 is 1. The summed E-state index contributed by atoms with van der Waals surface area (Å²) in [5, 5.41) is 0. The van der Waals surface area contributed by atoms with Gasteiger partial charge in [-0.1, -0.05) is 0 Å². The fourth-order valence-corrected chi connectivity index (χ4v) is 4.47. The molecule has 0 radical (unpaired) electrons. The van der Waals surface area contributed by atoms with Crippen molar-refractivity contribution in [2.45, 2.75) is 25.7 Å².